The Bertz CT molecular complexity index is 212. The van der Waals surface area contributed by atoms with Gasteiger partial charge in [-0.3, -0.25) is 4.79 Å². The number of carbonyl (C=O) groups is 1. The summed E-state index contributed by atoms with van der Waals surface area (Å²) < 4.78 is 5.21. The standard InChI is InChI=1S/C12H23NO2/c1-3-5-10(2)9-15-11(14)8-12(13)6-4-7-12/h10H,3-9,13H2,1-2H3. The molecule has 1 fully saturated rings. The Kier molecular flexibility index (Phi) is 4.58. The fourth-order valence-corrected chi connectivity index (χ4v) is 1.96. The van der Waals surface area contributed by atoms with E-state index in [0.717, 1.165) is 32.1 Å². The van der Waals surface area contributed by atoms with Crippen molar-refractivity contribution in [2.75, 3.05) is 6.61 Å². The molecule has 1 saturated carbocycles. The maximum absolute atomic E-state index is 11.5. The van der Waals surface area contributed by atoms with E-state index < -0.39 is 0 Å². The quantitative estimate of drug-likeness (QED) is 0.688. The summed E-state index contributed by atoms with van der Waals surface area (Å²) in [6.45, 7) is 4.79. The SMILES string of the molecule is CCCC(C)COC(=O)CC1(N)CCC1. The molecule has 1 atom stereocenters. The average molecular weight is 213 g/mol. The van der Waals surface area contributed by atoms with E-state index in [9.17, 15) is 4.79 Å². The molecule has 1 aliphatic carbocycles. The van der Waals surface area contributed by atoms with Crippen LogP contribution in [-0.4, -0.2) is 18.1 Å². The third-order valence-electron chi connectivity index (χ3n) is 3.16. The van der Waals surface area contributed by atoms with E-state index >= 15 is 0 Å². The third-order valence-corrected chi connectivity index (χ3v) is 3.16. The smallest absolute Gasteiger partial charge is 0.307 e. The summed E-state index contributed by atoms with van der Waals surface area (Å²) in [5, 5.41) is 0. The van der Waals surface area contributed by atoms with Gasteiger partial charge in [0, 0.05) is 5.54 Å². The van der Waals surface area contributed by atoms with Crippen LogP contribution in [0.2, 0.25) is 0 Å². The molecular weight excluding hydrogens is 190 g/mol. The largest absolute Gasteiger partial charge is 0.465 e. The summed E-state index contributed by atoms with van der Waals surface area (Å²) in [6.07, 6.45) is 5.72. The van der Waals surface area contributed by atoms with Crippen LogP contribution in [0.4, 0.5) is 0 Å². The van der Waals surface area contributed by atoms with Gasteiger partial charge in [0.25, 0.3) is 0 Å². The number of rotatable bonds is 6. The van der Waals surface area contributed by atoms with Gasteiger partial charge in [0.1, 0.15) is 0 Å². The highest BCUT2D eigenvalue weighted by Crippen LogP contribution is 2.32. The van der Waals surface area contributed by atoms with Crippen molar-refractivity contribution in [3.8, 4) is 0 Å². The zero-order valence-electron chi connectivity index (χ0n) is 9.92. The van der Waals surface area contributed by atoms with E-state index in [1.54, 1.807) is 0 Å². The Morgan fingerprint density at radius 3 is 2.67 bits per heavy atom. The van der Waals surface area contributed by atoms with E-state index in [1.165, 1.54) is 0 Å². The maximum Gasteiger partial charge on any atom is 0.307 e. The van der Waals surface area contributed by atoms with Crippen molar-refractivity contribution >= 4 is 5.97 Å². The van der Waals surface area contributed by atoms with E-state index in [4.69, 9.17) is 10.5 Å². The normalized spacial score (nSPS) is 20.5. The highest BCUT2D eigenvalue weighted by Gasteiger charge is 2.35. The van der Waals surface area contributed by atoms with Crippen molar-refractivity contribution < 1.29 is 9.53 Å². The van der Waals surface area contributed by atoms with Crippen molar-refractivity contribution in [1.82, 2.24) is 0 Å². The van der Waals surface area contributed by atoms with Crippen LogP contribution < -0.4 is 5.73 Å². The molecule has 0 bridgehead atoms. The van der Waals surface area contributed by atoms with Crippen LogP contribution in [0.15, 0.2) is 0 Å². The lowest BCUT2D eigenvalue weighted by atomic mass is 9.75. The molecule has 0 aliphatic heterocycles. The molecule has 3 heteroatoms. The summed E-state index contributed by atoms with van der Waals surface area (Å²) in [7, 11) is 0. The Hall–Kier alpha value is -0.570. The Labute approximate surface area is 92.4 Å². The highest BCUT2D eigenvalue weighted by atomic mass is 16.5. The van der Waals surface area contributed by atoms with Crippen LogP contribution in [0, 0.1) is 5.92 Å². The molecule has 3 nitrogen and oxygen atoms in total. The number of hydrogen-bond donors (Lipinski definition) is 1. The minimum atomic E-state index is -0.245. The second-order valence-electron chi connectivity index (χ2n) is 4.97. The number of nitrogens with two attached hydrogens (primary N) is 1. The summed E-state index contributed by atoms with van der Waals surface area (Å²) >= 11 is 0. The van der Waals surface area contributed by atoms with Crippen LogP contribution in [0.3, 0.4) is 0 Å². The molecule has 1 rings (SSSR count). The molecule has 15 heavy (non-hydrogen) atoms. The second-order valence-corrected chi connectivity index (χ2v) is 4.97. The number of esters is 1. The summed E-state index contributed by atoms with van der Waals surface area (Å²) in [5.74, 6) is 0.342. The average Bonchev–Trinajstić information content (AvgIpc) is 2.13. The summed E-state index contributed by atoms with van der Waals surface area (Å²) in [5.41, 5.74) is 5.72. The lowest BCUT2D eigenvalue weighted by molar-refractivity contribution is -0.147. The minimum Gasteiger partial charge on any atom is -0.465 e. The van der Waals surface area contributed by atoms with Crippen molar-refractivity contribution in [3.63, 3.8) is 0 Å². The first-order chi connectivity index (χ1) is 7.06. The van der Waals surface area contributed by atoms with E-state index in [0.29, 0.717) is 18.9 Å². The zero-order chi connectivity index (χ0) is 11.3. The predicted octanol–water partition coefficient (Wildman–Crippen LogP) is 2.24. The van der Waals surface area contributed by atoms with Gasteiger partial charge in [0.2, 0.25) is 0 Å². The van der Waals surface area contributed by atoms with E-state index in [-0.39, 0.29) is 11.5 Å². The first kappa shape index (κ1) is 12.5. The predicted molar refractivity (Wildman–Crippen MR) is 60.4 cm³/mol. The van der Waals surface area contributed by atoms with Crippen molar-refractivity contribution in [2.24, 2.45) is 11.7 Å². The zero-order valence-corrected chi connectivity index (χ0v) is 9.92. The summed E-state index contributed by atoms with van der Waals surface area (Å²) in [4.78, 5) is 11.5. The van der Waals surface area contributed by atoms with Crippen LogP contribution in [0.25, 0.3) is 0 Å². The van der Waals surface area contributed by atoms with E-state index in [1.807, 2.05) is 0 Å². The van der Waals surface area contributed by atoms with Crippen molar-refractivity contribution in [3.05, 3.63) is 0 Å². The van der Waals surface area contributed by atoms with Crippen molar-refractivity contribution in [2.45, 2.75) is 57.9 Å². The minimum absolute atomic E-state index is 0.125. The molecule has 0 aromatic carbocycles. The molecule has 0 aromatic rings. The molecular formula is C12H23NO2. The molecule has 2 N–H and O–H groups in total. The molecule has 0 amide bonds. The summed E-state index contributed by atoms with van der Waals surface area (Å²) in [6, 6.07) is 0. The van der Waals surface area contributed by atoms with Crippen LogP contribution in [-0.2, 0) is 9.53 Å². The highest BCUT2D eigenvalue weighted by molar-refractivity contribution is 5.71. The molecule has 0 spiro atoms. The third kappa shape index (κ3) is 4.20. The molecule has 88 valence electrons. The second kappa shape index (κ2) is 5.50. The van der Waals surface area contributed by atoms with Gasteiger partial charge < -0.3 is 10.5 Å². The molecule has 0 heterocycles. The fraction of sp³-hybridized carbons (Fsp3) is 0.917. The lowest BCUT2D eigenvalue weighted by Crippen LogP contribution is -2.48. The van der Waals surface area contributed by atoms with Gasteiger partial charge in [-0.2, -0.15) is 0 Å². The molecule has 0 aromatic heterocycles. The Morgan fingerprint density at radius 2 is 2.20 bits per heavy atom. The molecule has 0 radical (unpaired) electrons. The Morgan fingerprint density at radius 1 is 1.53 bits per heavy atom. The van der Waals surface area contributed by atoms with Gasteiger partial charge >= 0.3 is 5.97 Å². The monoisotopic (exact) mass is 213 g/mol. The van der Waals surface area contributed by atoms with Gasteiger partial charge in [-0.05, 0) is 31.6 Å². The number of carbonyl (C=O) groups excluding carboxylic acids is 1. The van der Waals surface area contributed by atoms with Crippen LogP contribution in [0.5, 0.6) is 0 Å². The van der Waals surface area contributed by atoms with Crippen molar-refractivity contribution in [1.29, 1.82) is 0 Å². The van der Waals surface area contributed by atoms with Crippen LogP contribution in [0.1, 0.15) is 52.4 Å². The van der Waals surface area contributed by atoms with Gasteiger partial charge in [0.15, 0.2) is 0 Å². The van der Waals surface area contributed by atoms with Gasteiger partial charge in [-0.25, -0.2) is 0 Å². The van der Waals surface area contributed by atoms with Gasteiger partial charge in [-0.15, -0.1) is 0 Å². The maximum atomic E-state index is 11.5. The van der Waals surface area contributed by atoms with Gasteiger partial charge in [-0.1, -0.05) is 20.3 Å². The lowest BCUT2D eigenvalue weighted by Gasteiger charge is -2.37. The topological polar surface area (TPSA) is 52.3 Å². The number of ether oxygens (including phenoxy) is 1. The molecule has 1 unspecified atom stereocenters. The number of hydrogen-bond acceptors (Lipinski definition) is 3. The fourth-order valence-electron chi connectivity index (χ4n) is 1.96. The first-order valence-electron chi connectivity index (χ1n) is 6.00. The molecule has 1 aliphatic rings. The molecule has 0 saturated heterocycles. The Balaban J connectivity index is 2.13. The van der Waals surface area contributed by atoms with E-state index in [2.05, 4.69) is 13.8 Å². The van der Waals surface area contributed by atoms with Gasteiger partial charge in [0.05, 0.1) is 13.0 Å². The first-order valence-corrected chi connectivity index (χ1v) is 6.00. The van der Waals surface area contributed by atoms with Crippen LogP contribution >= 0.6 is 0 Å².